The Kier molecular flexibility index (Phi) is 28.1. The van der Waals surface area contributed by atoms with Gasteiger partial charge in [0.05, 0.1) is 0 Å². The van der Waals surface area contributed by atoms with Crippen molar-refractivity contribution in [1.82, 2.24) is 0 Å². The lowest BCUT2D eigenvalue weighted by molar-refractivity contribution is 0.381. The van der Waals surface area contributed by atoms with E-state index >= 15 is 0 Å². The van der Waals surface area contributed by atoms with Crippen molar-refractivity contribution >= 4 is 10.4 Å². The van der Waals surface area contributed by atoms with Gasteiger partial charge in [-0.25, -0.2) is 0 Å². The third-order valence-electron chi connectivity index (χ3n) is 3.21. The van der Waals surface area contributed by atoms with E-state index in [9.17, 15) is 0 Å². The van der Waals surface area contributed by atoms with Gasteiger partial charge >= 0.3 is 10.4 Å². The summed E-state index contributed by atoms with van der Waals surface area (Å²) in [5.74, 6) is 0. The van der Waals surface area contributed by atoms with Gasteiger partial charge in [0.15, 0.2) is 0 Å². The van der Waals surface area contributed by atoms with Gasteiger partial charge in [-0.1, -0.05) is 111 Å². The highest BCUT2D eigenvalue weighted by Crippen LogP contribution is 2.12. The highest BCUT2D eigenvalue weighted by Gasteiger charge is 1.92. The van der Waals surface area contributed by atoms with Crippen molar-refractivity contribution in [3.8, 4) is 0 Å². The van der Waals surface area contributed by atoms with E-state index in [1.165, 1.54) is 83.5 Å². The molecule has 2 N–H and O–H groups in total. The van der Waals surface area contributed by atoms with E-state index in [0.29, 0.717) is 0 Å². The van der Waals surface area contributed by atoms with Crippen LogP contribution in [0.25, 0.3) is 0 Å². The van der Waals surface area contributed by atoms with Gasteiger partial charge in [0.2, 0.25) is 0 Å². The third-order valence-corrected chi connectivity index (χ3v) is 3.21. The van der Waals surface area contributed by atoms with E-state index in [1.807, 2.05) is 13.8 Å². The first-order chi connectivity index (χ1) is 10.4. The molecule has 0 spiro atoms. The van der Waals surface area contributed by atoms with Gasteiger partial charge in [-0.05, 0) is 0 Å². The highest BCUT2D eigenvalue weighted by atomic mass is 32.3. The molecule has 138 valence electrons. The lowest BCUT2D eigenvalue weighted by Crippen LogP contribution is -1.89. The van der Waals surface area contributed by atoms with Gasteiger partial charge < -0.3 is 0 Å². The Balaban J connectivity index is -0.000000434. The molecule has 5 heteroatoms. The van der Waals surface area contributed by atoms with E-state index in [0.717, 1.165) is 0 Å². The van der Waals surface area contributed by atoms with Crippen molar-refractivity contribution in [2.45, 2.75) is 111 Å². The SMILES string of the molecule is CC.CCCCCCCCCCCCCCC.O=S(=O)(O)O. The van der Waals surface area contributed by atoms with Crippen LogP contribution >= 0.6 is 0 Å². The van der Waals surface area contributed by atoms with Crippen LogP contribution in [0.15, 0.2) is 0 Å². The second-order valence-electron chi connectivity index (χ2n) is 5.34. The van der Waals surface area contributed by atoms with Crippen LogP contribution in [0.3, 0.4) is 0 Å². The zero-order valence-corrected chi connectivity index (χ0v) is 16.1. The quantitative estimate of drug-likeness (QED) is 0.315. The molecule has 0 bridgehead atoms. The fourth-order valence-corrected chi connectivity index (χ4v) is 2.09. The Bertz CT molecular complexity index is 244. The summed E-state index contributed by atoms with van der Waals surface area (Å²) in [6.45, 7) is 8.58. The fraction of sp³-hybridized carbons (Fsp3) is 1.00. The monoisotopic (exact) mass is 340 g/mol. The minimum absolute atomic E-state index is 1.37. The Morgan fingerprint density at radius 3 is 0.818 bits per heavy atom. The summed E-state index contributed by atoms with van der Waals surface area (Å²) in [6, 6.07) is 0. The van der Waals surface area contributed by atoms with Crippen LogP contribution in [0.2, 0.25) is 0 Å². The van der Waals surface area contributed by atoms with Crippen molar-refractivity contribution in [2.75, 3.05) is 0 Å². The summed E-state index contributed by atoms with van der Waals surface area (Å²) in [4.78, 5) is 0. The zero-order chi connectivity index (χ0) is 17.7. The second-order valence-corrected chi connectivity index (χ2v) is 6.23. The first-order valence-electron chi connectivity index (χ1n) is 9.11. The molecule has 0 aliphatic heterocycles. The van der Waals surface area contributed by atoms with E-state index in [4.69, 9.17) is 17.5 Å². The lowest BCUT2D eigenvalue weighted by atomic mass is 10.1. The zero-order valence-electron chi connectivity index (χ0n) is 15.3. The minimum atomic E-state index is -4.67. The standard InChI is InChI=1S/C15H32.C2H6.H2O4S/c1-3-5-7-9-11-13-15-14-12-10-8-6-4-2;1-2;1-5(2,3)4/h3-15H2,1-2H3;1-2H3;(H2,1,2,3,4). The van der Waals surface area contributed by atoms with Crippen molar-refractivity contribution in [1.29, 1.82) is 0 Å². The summed E-state index contributed by atoms with van der Waals surface area (Å²) < 4.78 is 31.6. The largest absolute Gasteiger partial charge is 0.394 e. The van der Waals surface area contributed by atoms with Crippen molar-refractivity contribution in [3.05, 3.63) is 0 Å². The molecule has 0 saturated heterocycles. The molecule has 4 nitrogen and oxygen atoms in total. The summed E-state index contributed by atoms with van der Waals surface area (Å²) in [6.07, 6.45) is 18.9. The number of hydrogen-bond acceptors (Lipinski definition) is 2. The summed E-state index contributed by atoms with van der Waals surface area (Å²) in [7, 11) is -4.67. The van der Waals surface area contributed by atoms with Gasteiger partial charge in [-0.3, -0.25) is 9.11 Å². The number of rotatable bonds is 12. The Morgan fingerprint density at radius 2 is 0.682 bits per heavy atom. The molecule has 0 fully saturated rings. The van der Waals surface area contributed by atoms with Gasteiger partial charge in [0.1, 0.15) is 0 Å². The summed E-state index contributed by atoms with van der Waals surface area (Å²) >= 11 is 0. The van der Waals surface area contributed by atoms with Crippen molar-refractivity contribution in [2.24, 2.45) is 0 Å². The Morgan fingerprint density at radius 1 is 0.545 bits per heavy atom. The molecule has 0 atom stereocenters. The topological polar surface area (TPSA) is 74.6 Å². The van der Waals surface area contributed by atoms with Crippen LogP contribution in [-0.2, 0) is 10.4 Å². The molecule has 0 aromatic rings. The maximum atomic E-state index is 8.74. The maximum Gasteiger partial charge on any atom is 0.394 e. The molecular weight excluding hydrogens is 300 g/mol. The van der Waals surface area contributed by atoms with Crippen LogP contribution < -0.4 is 0 Å². The normalized spacial score (nSPS) is 10.3. The van der Waals surface area contributed by atoms with Crippen LogP contribution in [0, 0.1) is 0 Å². The third kappa shape index (κ3) is 50.2. The first kappa shape index (κ1) is 26.8. The van der Waals surface area contributed by atoms with E-state index in [-0.39, 0.29) is 0 Å². The van der Waals surface area contributed by atoms with Crippen LogP contribution in [0.1, 0.15) is 111 Å². The molecule has 0 amide bonds. The van der Waals surface area contributed by atoms with E-state index in [2.05, 4.69) is 13.8 Å². The molecule has 0 unspecified atom stereocenters. The predicted molar refractivity (Wildman–Crippen MR) is 96.9 cm³/mol. The molecule has 0 saturated carbocycles. The smallest absolute Gasteiger partial charge is 0.264 e. The van der Waals surface area contributed by atoms with E-state index < -0.39 is 10.4 Å². The lowest BCUT2D eigenvalue weighted by Gasteiger charge is -2.01. The van der Waals surface area contributed by atoms with Gasteiger partial charge in [0, 0.05) is 0 Å². The van der Waals surface area contributed by atoms with Crippen molar-refractivity contribution in [3.63, 3.8) is 0 Å². The molecule has 0 heterocycles. The van der Waals surface area contributed by atoms with Crippen LogP contribution in [0.4, 0.5) is 0 Å². The van der Waals surface area contributed by atoms with E-state index in [1.54, 1.807) is 0 Å². The second kappa shape index (κ2) is 23.1. The molecule has 0 rings (SSSR count). The van der Waals surface area contributed by atoms with Crippen LogP contribution in [-0.4, -0.2) is 17.5 Å². The molecular formula is C17H40O4S. The maximum absolute atomic E-state index is 8.74. The average molecular weight is 341 g/mol. The van der Waals surface area contributed by atoms with Gasteiger partial charge in [-0.2, -0.15) is 8.42 Å². The molecule has 0 aromatic carbocycles. The average Bonchev–Trinajstić information content (AvgIpc) is 2.45. The highest BCUT2D eigenvalue weighted by molar-refractivity contribution is 7.79. The summed E-state index contributed by atoms with van der Waals surface area (Å²) in [5, 5.41) is 0. The Hall–Kier alpha value is -0.130. The number of hydrogen-bond donors (Lipinski definition) is 2. The molecule has 0 aromatic heterocycles. The first-order valence-corrected chi connectivity index (χ1v) is 10.5. The molecule has 22 heavy (non-hydrogen) atoms. The van der Waals surface area contributed by atoms with Crippen LogP contribution in [0.5, 0.6) is 0 Å². The van der Waals surface area contributed by atoms with Crippen molar-refractivity contribution < 1.29 is 17.5 Å². The van der Waals surface area contributed by atoms with Gasteiger partial charge in [-0.15, -0.1) is 0 Å². The predicted octanol–water partition coefficient (Wildman–Crippen LogP) is 6.47. The Labute approximate surface area is 139 Å². The molecule has 0 aliphatic rings. The number of unbranched alkanes of at least 4 members (excludes halogenated alkanes) is 12. The fourth-order valence-electron chi connectivity index (χ4n) is 2.09. The van der Waals surface area contributed by atoms with Gasteiger partial charge in [0.25, 0.3) is 0 Å². The molecule has 0 radical (unpaired) electrons. The molecule has 0 aliphatic carbocycles. The minimum Gasteiger partial charge on any atom is -0.264 e. The summed E-state index contributed by atoms with van der Waals surface area (Å²) in [5.41, 5.74) is 0.